The molecule has 2 N–H and O–H groups in total. The fourth-order valence-electron chi connectivity index (χ4n) is 3.03. The predicted octanol–water partition coefficient (Wildman–Crippen LogP) is 4.82. The molecule has 2 aromatic carbocycles. The van der Waals surface area contributed by atoms with E-state index in [2.05, 4.69) is 12.4 Å². The van der Waals surface area contributed by atoms with E-state index < -0.39 is 5.97 Å². The summed E-state index contributed by atoms with van der Waals surface area (Å²) in [6, 6.07) is 11.5. The average molecular weight is 383 g/mol. The summed E-state index contributed by atoms with van der Waals surface area (Å²) in [4.78, 5) is 30.9. The minimum atomic E-state index is -0.508. The quantitative estimate of drug-likeness (QED) is 0.350. The standard InChI is InChI=1S/C23H29NO4/c1-4-5-6-7-11-17-18(22(26)20-12-8-9-15-21(20)25)13-10-14-19(17)23(27)28-24-16(2)3/h8-10,12-16,24-25H,4-7,11H2,1-3H3. The molecule has 0 radical (unpaired) electrons. The van der Waals surface area contributed by atoms with Crippen LogP contribution >= 0.6 is 0 Å². The van der Waals surface area contributed by atoms with E-state index >= 15 is 0 Å². The Morgan fingerprint density at radius 3 is 2.32 bits per heavy atom. The molecule has 0 aromatic heterocycles. The van der Waals surface area contributed by atoms with E-state index in [0.717, 1.165) is 25.7 Å². The fourth-order valence-corrected chi connectivity index (χ4v) is 3.03. The number of para-hydroxylation sites is 1. The number of benzene rings is 2. The summed E-state index contributed by atoms with van der Waals surface area (Å²) >= 11 is 0. The third kappa shape index (κ3) is 5.67. The molecule has 5 heteroatoms. The lowest BCUT2D eigenvalue weighted by atomic mass is 9.91. The number of ketones is 1. The van der Waals surface area contributed by atoms with Gasteiger partial charge in [-0.3, -0.25) is 4.79 Å². The van der Waals surface area contributed by atoms with Crippen LogP contribution in [-0.2, 0) is 11.3 Å². The Balaban J connectivity index is 2.40. The number of hydrogen-bond acceptors (Lipinski definition) is 5. The van der Waals surface area contributed by atoms with Crippen LogP contribution in [0.4, 0.5) is 0 Å². The van der Waals surface area contributed by atoms with E-state index in [1.54, 1.807) is 36.4 Å². The van der Waals surface area contributed by atoms with Crippen LogP contribution in [0.5, 0.6) is 5.75 Å². The Morgan fingerprint density at radius 2 is 1.64 bits per heavy atom. The van der Waals surface area contributed by atoms with Crippen LogP contribution in [0.15, 0.2) is 42.5 Å². The lowest BCUT2D eigenvalue weighted by Crippen LogP contribution is -2.27. The Bertz CT molecular complexity index is 814. The van der Waals surface area contributed by atoms with Gasteiger partial charge >= 0.3 is 5.97 Å². The third-order valence-corrected chi connectivity index (χ3v) is 4.46. The molecule has 0 heterocycles. The lowest BCUT2D eigenvalue weighted by Gasteiger charge is -2.15. The summed E-state index contributed by atoms with van der Waals surface area (Å²) in [5.74, 6) is -0.875. The number of rotatable bonds is 10. The van der Waals surface area contributed by atoms with Gasteiger partial charge in [0.2, 0.25) is 0 Å². The van der Waals surface area contributed by atoms with E-state index in [4.69, 9.17) is 4.84 Å². The molecule has 0 amide bonds. The maximum Gasteiger partial charge on any atom is 0.357 e. The van der Waals surface area contributed by atoms with Gasteiger partial charge in [0.05, 0.1) is 11.1 Å². The van der Waals surface area contributed by atoms with Crippen LogP contribution in [0.3, 0.4) is 0 Å². The molecule has 5 nitrogen and oxygen atoms in total. The maximum atomic E-state index is 13.1. The van der Waals surface area contributed by atoms with Crippen molar-refractivity contribution in [2.24, 2.45) is 0 Å². The van der Waals surface area contributed by atoms with E-state index in [-0.39, 0.29) is 23.1 Å². The smallest absolute Gasteiger partial charge is 0.357 e. The van der Waals surface area contributed by atoms with Crippen molar-refractivity contribution in [1.82, 2.24) is 5.48 Å². The highest BCUT2D eigenvalue weighted by Gasteiger charge is 2.22. The molecular formula is C23H29NO4. The van der Waals surface area contributed by atoms with Crippen LogP contribution in [0.2, 0.25) is 0 Å². The summed E-state index contributed by atoms with van der Waals surface area (Å²) in [7, 11) is 0. The molecule has 2 aromatic rings. The summed E-state index contributed by atoms with van der Waals surface area (Å²) in [5, 5.41) is 10.1. The van der Waals surface area contributed by atoms with Gasteiger partial charge < -0.3 is 9.94 Å². The van der Waals surface area contributed by atoms with Crippen molar-refractivity contribution >= 4 is 11.8 Å². The van der Waals surface area contributed by atoms with Gasteiger partial charge in [-0.05, 0) is 50.5 Å². The Labute approximate surface area is 166 Å². The molecule has 2 rings (SSSR count). The first kappa shape index (κ1) is 21.6. The first-order valence-electron chi connectivity index (χ1n) is 9.87. The number of phenolic OH excluding ortho intramolecular Hbond substituents is 1. The van der Waals surface area contributed by atoms with Crippen molar-refractivity contribution in [2.75, 3.05) is 0 Å². The highest BCUT2D eigenvalue weighted by atomic mass is 16.7. The van der Waals surface area contributed by atoms with Crippen molar-refractivity contribution in [3.05, 3.63) is 64.7 Å². The normalized spacial score (nSPS) is 10.9. The molecule has 0 bridgehead atoms. The van der Waals surface area contributed by atoms with Crippen molar-refractivity contribution in [3.8, 4) is 5.75 Å². The molecule has 0 aliphatic heterocycles. The molecule has 0 atom stereocenters. The largest absolute Gasteiger partial charge is 0.507 e. The number of hydrogen-bond donors (Lipinski definition) is 2. The fraction of sp³-hybridized carbons (Fsp3) is 0.391. The summed E-state index contributed by atoms with van der Waals surface area (Å²) in [6.45, 7) is 5.88. The Morgan fingerprint density at radius 1 is 0.964 bits per heavy atom. The van der Waals surface area contributed by atoms with Gasteiger partial charge in [0, 0.05) is 11.6 Å². The number of carbonyl (C=O) groups is 2. The van der Waals surface area contributed by atoms with E-state index in [0.29, 0.717) is 23.1 Å². The minimum absolute atomic E-state index is 0.0111. The monoisotopic (exact) mass is 383 g/mol. The van der Waals surface area contributed by atoms with E-state index in [1.165, 1.54) is 6.07 Å². The van der Waals surface area contributed by atoms with Gasteiger partial charge in [0.1, 0.15) is 5.75 Å². The zero-order chi connectivity index (χ0) is 20.5. The number of aromatic hydroxyl groups is 1. The van der Waals surface area contributed by atoms with Crippen molar-refractivity contribution in [1.29, 1.82) is 0 Å². The number of phenols is 1. The number of hydroxylamine groups is 1. The van der Waals surface area contributed by atoms with Gasteiger partial charge in [-0.1, -0.05) is 50.5 Å². The summed E-state index contributed by atoms with van der Waals surface area (Å²) < 4.78 is 0. The van der Waals surface area contributed by atoms with Gasteiger partial charge in [-0.15, -0.1) is 0 Å². The highest BCUT2D eigenvalue weighted by Crippen LogP contribution is 2.25. The molecular weight excluding hydrogens is 354 g/mol. The van der Waals surface area contributed by atoms with Crippen molar-refractivity contribution in [2.45, 2.75) is 58.9 Å². The van der Waals surface area contributed by atoms with Gasteiger partial charge in [-0.2, -0.15) is 5.48 Å². The SMILES string of the molecule is CCCCCCc1c(C(=O)ONC(C)C)cccc1C(=O)c1ccccc1O. The predicted molar refractivity (Wildman–Crippen MR) is 110 cm³/mol. The van der Waals surface area contributed by atoms with E-state index in [9.17, 15) is 14.7 Å². The second kappa shape index (κ2) is 10.6. The minimum Gasteiger partial charge on any atom is -0.507 e. The van der Waals surface area contributed by atoms with Crippen LogP contribution in [0, 0.1) is 0 Å². The van der Waals surface area contributed by atoms with Crippen LogP contribution < -0.4 is 5.48 Å². The second-order valence-corrected chi connectivity index (χ2v) is 7.15. The van der Waals surface area contributed by atoms with Crippen molar-refractivity contribution < 1.29 is 19.5 Å². The Hall–Kier alpha value is -2.66. The molecule has 28 heavy (non-hydrogen) atoms. The van der Waals surface area contributed by atoms with Gasteiger partial charge in [0.25, 0.3) is 0 Å². The molecule has 0 unspecified atom stereocenters. The van der Waals surface area contributed by atoms with Gasteiger partial charge in [-0.25, -0.2) is 4.79 Å². The van der Waals surface area contributed by atoms with Crippen LogP contribution in [0.1, 0.15) is 78.3 Å². The average Bonchev–Trinajstić information content (AvgIpc) is 2.69. The highest BCUT2D eigenvalue weighted by molar-refractivity contribution is 6.12. The zero-order valence-electron chi connectivity index (χ0n) is 16.8. The number of carbonyl (C=O) groups excluding carboxylic acids is 2. The molecule has 0 aliphatic rings. The van der Waals surface area contributed by atoms with Crippen LogP contribution in [0.25, 0.3) is 0 Å². The molecule has 0 saturated heterocycles. The first-order valence-corrected chi connectivity index (χ1v) is 9.87. The van der Waals surface area contributed by atoms with E-state index in [1.807, 2.05) is 13.8 Å². The summed E-state index contributed by atoms with van der Waals surface area (Å²) in [5.41, 5.74) is 4.36. The molecule has 0 fully saturated rings. The molecule has 0 saturated carbocycles. The maximum absolute atomic E-state index is 13.1. The first-order chi connectivity index (χ1) is 13.5. The Kier molecular flexibility index (Phi) is 8.20. The second-order valence-electron chi connectivity index (χ2n) is 7.15. The van der Waals surface area contributed by atoms with Crippen molar-refractivity contribution in [3.63, 3.8) is 0 Å². The van der Waals surface area contributed by atoms with Crippen LogP contribution in [-0.4, -0.2) is 22.9 Å². The zero-order valence-corrected chi connectivity index (χ0v) is 16.8. The molecule has 150 valence electrons. The third-order valence-electron chi connectivity index (χ3n) is 4.46. The topological polar surface area (TPSA) is 75.6 Å². The molecule has 0 spiro atoms. The molecule has 0 aliphatic carbocycles. The lowest BCUT2D eigenvalue weighted by molar-refractivity contribution is 0.0186. The number of nitrogens with one attached hydrogen (secondary N) is 1. The summed E-state index contributed by atoms with van der Waals surface area (Å²) in [6.07, 6.45) is 4.70. The number of unbranched alkanes of at least 4 members (excludes halogenated alkanes) is 3. The van der Waals surface area contributed by atoms with Gasteiger partial charge in [0.15, 0.2) is 5.78 Å².